The minimum absolute atomic E-state index is 0.0785. The number of amides is 2. The Morgan fingerprint density at radius 1 is 1.03 bits per heavy atom. The van der Waals surface area contributed by atoms with E-state index in [2.05, 4.69) is 19.0 Å². The van der Waals surface area contributed by atoms with Gasteiger partial charge >= 0.3 is 0 Å². The fraction of sp³-hybridized carbons (Fsp3) is 0.333. The van der Waals surface area contributed by atoms with Gasteiger partial charge in [0.15, 0.2) is 0 Å². The number of nitrogens with one attached hydrogen (secondary N) is 1. The molecule has 4 rings (SSSR count). The Balaban J connectivity index is 1.27. The van der Waals surface area contributed by atoms with Gasteiger partial charge in [-0.3, -0.25) is 14.5 Å². The summed E-state index contributed by atoms with van der Waals surface area (Å²) in [5.41, 5.74) is 4.41. The third kappa shape index (κ3) is 4.60. The van der Waals surface area contributed by atoms with Crippen LogP contribution in [-0.2, 0) is 16.0 Å². The second kappa shape index (κ2) is 8.67. The van der Waals surface area contributed by atoms with E-state index in [-0.39, 0.29) is 11.8 Å². The number of hydrogen-bond donors (Lipinski definition) is 1. The van der Waals surface area contributed by atoms with Gasteiger partial charge in [0.05, 0.1) is 30.4 Å². The Morgan fingerprint density at radius 2 is 1.83 bits per heavy atom. The number of carbonyl (C=O) groups excluding carboxylic acids is 2. The van der Waals surface area contributed by atoms with Gasteiger partial charge in [0.25, 0.3) is 0 Å². The molecular weight excluding hydrogens is 386 g/mol. The number of rotatable bonds is 5. The summed E-state index contributed by atoms with van der Waals surface area (Å²) >= 11 is 1.13. The van der Waals surface area contributed by atoms with Crippen molar-refractivity contribution in [2.75, 3.05) is 38.0 Å². The zero-order chi connectivity index (χ0) is 20.2. The van der Waals surface area contributed by atoms with Crippen LogP contribution in [0, 0.1) is 6.92 Å². The number of fused-ring (bicyclic) bond motifs is 1. The summed E-state index contributed by atoms with van der Waals surface area (Å²) in [6.45, 7) is 4.99. The van der Waals surface area contributed by atoms with Crippen LogP contribution in [-0.4, -0.2) is 63.1 Å². The molecule has 1 saturated heterocycles. The molecule has 2 aromatic carbocycles. The molecule has 0 spiro atoms. The topological polar surface area (TPSA) is 78.4 Å². The third-order valence-electron chi connectivity index (χ3n) is 5.26. The molecule has 2 heterocycles. The Hall–Kier alpha value is -2.84. The van der Waals surface area contributed by atoms with E-state index < -0.39 is 0 Å². The van der Waals surface area contributed by atoms with E-state index in [0.29, 0.717) is 44.8 Å². The van der Waals surface area contributed by atoms with Crippen molar-refractivity contribution in [3.8, 4) is 0 Å². The van der Waals surface area contributed by atoms with Gasteiger partial charge in [0.1, 0.15) is 11.0 Å². The minimum atomic E-state index is -0.0785. The minimum Gasteiger partial charge on any atom is -0.340 e. The number of hydrogen-bond acceptors (Lipinski definition) is 6. The number of anilines is 1. The maximum atomic E-state index is 12.6. The second-order valence-electron chi connectivity index (χ2n) is 7.25. The van der Waals surface area contributed by atoms with Crippen molar-refractivity contribution in [1.29, 1.82) is 0 Å². The monoisotopic (exact) mass is 409 g/mol. The van der Waals surface area contributed by atoms with E-state index in [1.165, 1.54) is 0 Å². The van der Waals surface area contributed by atoms with Gasteiger partial charge in [0, 0.05) is 26.2 Å². The van der Waals surface area contributed by atoms with Crippen molar-refractivity contribution >= 4 is 40.3 Å². The summed E-state index contributed by atoms with van der Waals surface area (Å²) in [5, 5.41) is 2.93. The van der Waals surface area contributed by atoms with Crippen molar-refractivity contribution in [2.45, 2.75) is 13.3 Å². The summed E-state index contributed by atoms with van der Waals surface area (Å²) in [4.78, 5) is 29.0. The molecular formula is C21H23N5O2S. The number of piperazine rings is 1. The maximum Gasteiger partial charge on any atom is 0.238 e. The van der Waals surface area contributed by atoms with Gasteiger partial charge in [-0.1, -0.05) is 30.3 Å². The van der Waals surface area contributed by atoms with E-state index >= 15 is 0 Å². The van der Waals surface area contributed by atoms with Gasteiger partial charge in [-0.25, -0.2) is 0 Å². The quantitative estimate of drug-likeness (QED) is 0.700. The normalized spacial score (nSPS) is 14.9. The smallest absolute Gasteiger partial charge is 0.238 e. The van der Waals surface area contributed by atoms with Gasteiger partial charge < -0.3 is 10.2 Å². The molecule has 0 aliphatic carbocycles. The second-order valence-corrected chi connectivity index (χ2v) is 7.77. The van der Waals surface area contributed by atoms with Crippen LogP contribution >= 0.6 is 11.7 Å². The molecule has 8 heteroatoms. The molecule has 3 aromatic rings. The number of aryl methyl sites for hydroxylation is 1. The van der Waals surface area contributed by atoms with E-state index in [9.17, 15) is 9.59 Å². The standard InChI is InChI=1S/C21H23N5O2S/c1-15-5-2-3-6-16(15)13-20(28)26-11-9-25(10-12-26)14-19(27)22-17-7-4-8-18-21(17)24-29-23-18/h2-8H,9-14H2,1H3,(H,22,27). The number of benzene rings is 2. The molecule has 0 radical (unpaired) electrons. The molecule has 150 valence electrons. The lowest BCUT2D eigenvalue weighted by Gasteiger charge is -2.34. The van der Waals surface area contributed by atoms with Crippen molar-refractivity contribution in [1.82, 2.24) is 18.5 Å². The molecule has 2 amide bonds. The zero-order valence-corrected chi connectivity index (χ0v) is 17.1. The fourth-order valence-corrected chi connectivity index (χ4v) is 4.09. The molecule has 1 aliphatic rings. The van der Waals surface area contributed by atoms with Crippen LogP contribution in [0.3, 0.4) is 0 Å². The number of carbonyl (C=O) groups is 2. The molecule has 0 atom stereocenters. The van der Waals surface area contributed by atoms with Crippen LogP contribution < -0.4 is 5.32 Å². The first-order valence-corrected chi connectivity index (χ1v) is 10.4. The van der Waals surface area contributed by atoms with Crippen molar-refractivity contribution in [2.24, 2.45) is 0 Å². The highest BCUT2D eigenvalue weighted by Crippen LogP contribution is 2.21. The van der Waals surface area contributed by atoms with E-state index in [0.717, 1.165) is 33.9 Å². The summed E-state index contributed by atoms with van der Waals surface area (Å²) in [5.74, 6) is 0.0660. The molecule has 1 aromatic heterocycles. The van der Waals surface area contributed by atoms with Crippen molar-refractivity contribution < 1.29 is 9.59 Å². The molecule has 29 heavy (non-hydrogen) atoms. The average molecular weight is 410 g/mol. The number of aromatic nitrogens is 2. The van der Waals surface area contributed by atoms with Crippen molar-refractivity contribution in [3.63, 3.8) is 0 Å². The van der Waals surface area contributed by atoms with Crippen LogP contribution in [0.4, 0.5) is 5.69 Å². The first kappa shape index (κ1) is 19.5. The summed E-state index contributed by atoms with van der Waals surface area (Å²) in [6.07, 6.45) is 0.429. The van der Waals surface area contributed by atoms with E-state index in [1.807, 2.05) is 54.3 Å². The Labute approximate surface area is 173 Å². The van der Waals surface area contributed by atoms with Gasteiger partial charge in [-0.15, -0.1) is 0 Å². The van der Waals surface area contributed by atoms with Gasteiger partial charge in [-0.05, 0) is 30.2 Å². The maximum absolute atomic E-state index is 12.6. The SMILES string of the molecule is Cc1ccccc1CC(=O)N1CCN(CC(=O)Nc2cccc3nsnc23)CC1. The lowest BCUT2D eigenvalue weighted by molar-refractivity contribution is -0.132. The fourth-order valence-electron chi connectivity index (χ4n) is 3.54. The third-order valence-corrected chi connectivity index (χ3v) is 5.80. The predicted octanol–water partition coefficient (Wildman–Crippen LogP) is 2.33. The largest absolute Gasteiger partial charge is 0.340 e. The Kier molecular flexibility index (Phi) is 5.82. The van der Waals surface area contributed by atoms with Crippen LogP contribution in [0.1, 0.15) is 11.1 Å². The molecule has 0 unspecified atom stereocenters. The molecule has 1 aliphatic heterocycles. The summed E-state index contributed by atoms with van der Waals surface area (Å²) in [6, 6.07) is 13.6. The average Bonchev–Trinajstić information content (AvgIpc) is 3.20. The van der Waals surface area contributed by atoms with Gasteiger partial charge in [-0.2, -0.15) is 8.75 Å². The van der Waals surface area contributed by atoms with Crippen LogP contribution in [0.15, 0.2) is 42.5 Å². The molecule has 1 N–H and O–H groups in total. The summed E-state index contributed by atoms with van der Waals surface area (Å²) < 4.78 is 8.44. The van der Waals surface area contributed by atoms with E-state index in [1.54, 1.807) is 0 Å². The lowest BCUT2D eigenvalue weighted by atomic mass is 10.1. The zero-order valence-electron chi connectivity index (χ0n) is 16.3. The van der Waals surface area contributed by atoms with Crippen LogP contribution in [0.5, 0.6) is 0 Å². The molecule has 0 bridgehead atoms. The molecule has 7 nitrogen and oxygen atoms in total. The first-order valence-electron chi connectivity index (χ1n) is 9.66. The van der Waals surface area contributed by atoms with Crippen LogP contribution in [0.2, 0.25) is 0 Å². The van der Waals surface area contributed by atoms with E-state index in [4.69, 9.17) is 0 Å². The Bertz CT molecular complexity index is 1030. The first-order chi connectivity index (χ1) is 14.1. The molecule has 1 fully saturated rings. The lowest BCUT2D eigenvalue weighted by Crippen LogP contribution is -2.50. The van der Waals surface area contributed by atoms with Crippen LogP contribution in [0.25, 0.3) is 11.0 Å². The number of nitrogens with zero attached hydrogens (tertiary/aromatic N) is 4. The Morgan fingerprint density at radius 3 is 2.62 bits per heavy atom. The van der Waals surface area contributed by atoms with Gasteiger partial charge in [0.2, 0.25) is 11.8 Å². The highest BCUT2D eigenvalue weighted by molar-refractivity contribution is 7.00. The highest BCUT2D eigenvalue weighted by atomic mass is 32.1. The highest BCUT2D eigenvalue weighted by Gasteiger charge is 2.23. The summed E-state index contributed by atoms with van der Waals surface area (Å²) in [7, 11) is 0. The predicted molar refractivity (Wildman–Crippen MR) is 114 cm³/mol. The molecule has 0 saturated carbocycles. The van der Waals surface area contributed by atoms with Crippen molar-refractivity contribution in [3.05, 3.63) is 53.6 Å².